The average Bonchev–Trinajstić information content (AvgIpc) is 3.26. The lowest BCUT2D eigenvalue weighted by atomic mass is 9.87. The third-order valence-electron chi connectivity index (χ3n) is 6.90. The molecule has 7 nitrogen and oxygen atoms in total. The molecule has 2 aliphatic heterocycles. The number of nitrogens with one attached hydrogen (secondary N) is 3. The van der Waals surface area contributed by atoms with Crippen LogP contribution in [0.2, 0.25) is 0 Å². The maximum absolute atomic E-state index is 13.4. The van der Waals surface area contributed by atoms with Crippen LogP contribution in [0.25, 0.3) is 0 Å². The second-order valence-corrected chi connectivity index (χ2v) is 12.2. The molecule has 0 aromatic heterocycles. The van der Waals surface area contributed by atoms with Crippen molar-refractivity contribution < 1.29 is 17.9 Å². The van der Waals surface area contributed by atoms with E-state index >= 15 is 0 Å². The van der Waals surface area contributed by atoms with Crippen molar-refractivity contribution in [3.8, 4) is 5.75 Å². The molecule has 8 heteroatoms. The van der Waals surface area contributed by atoms with Gasteiger partial charge in [0.1, 0.15) is 10.6 Å². The summed E-state index contributed by atoms with van der Waals surface area (Å²) >= 11 is 0. The van der Waals surface area contributed by atoms with E-state index in [2.05, 4.69) is 16.0 Å². The van der Waals surface area contributed by atoms with Crippen molar-refractivity contribution in [3.05, 3.63) is 53.6 Å². The van der Waals surface area contributed by atoms with E-state index in [0.29, 0.717) is 24.3 Å². The van der Waals surface area contributed by atoms with Gasteiger partial charge < -0.3 is 20.7 Å². The van der Waals surface area contributed by atoms with E-state index in [0.717, 1.165) is 37.1 Å². The van der Waals surface area contributed by atoms with E-state index in [1.165, 1.54) is 7.11 Å². The Morgan fingerprint density at radius 1 is 1.15 bits per heavy atom. The molecule has 0 bridgehead atoms. The highest BCUT2D eigenvalue weighted by atomic mass is 32.2. The molecule has 4 rings (SSSR count). The van der Waals surface area contributed by atoms with Crippen molar-refractivity contribution in [1.29, 1.82) is 0 Å². The number of carbonyl (C=O) groups is 1. The molecule has 2 heterocycles. The lowest BCUT2D eigenvalue weighted by molar-refractivity contribution is -0.123. The Morgan fingerprint density at radius 3 is 2.53 bits per heavy atom. The van der Waals surface area contributed by atoms with Crippen molar-refractivity contribution in [2.45, 2.75) is 67.4 Å². The van der Waals surface area contributed by atoms with E-state index in [4.69, 9.17) is 4.74 Å². The van der Waals surface area contributed by atoms with Gasteiger partial charge in [0.05, 0.1) is 18.0 Å². The van der Waals surface area contributed by atoms with Gasteiger partial charge >= 0.3 is 0 Å². The lowest BCUT2D eigenvalue weighted by Crippen LogP contribution is -2.45. The van der Waals surface area contributed by atoms with E-state index in [-0.39, 0.29) is 27.2 Å². The van der Waals surface area contributed by atoms with Gasteiger partial charge in [0.2, 0.25) is 15.7 Å². The van der Waals surface area contributed by atoms with E-state index in [9.17, 15) is 13.2 Å². The molecule has 2 aromatic carbocycles. The third-order valence-corrected chi connectivity index (χ3v) is 8.69. The fourth-order valence-electron chi connectivity index (χ4n) is 4.78. The van der Waals surface area contributed by atoms with Crippen molar-refractivity contribution in [1.82, 2.24) is 16.0 Å². The van der Waals surface area contributed by atoms with Crippen LogP contribution in [0.5, 0.6) is 5.75 Å². The maximum atomic E-state index is 13.4. The van der Waals surface area contributed by atoms with E-state index in [1.54, 1.807) is 36.4 Å². The van der Waals surface area contributed by atoms with Crippen molar-refractivity contribution >= 4 is 15.7 Å². The molecule has 0 radical (unpaired) electrons. The molecule has 0 spiro atoms. The summed E-state index contributed by atoms with van der Waals surface area (Å²) in [5.41, 5.74) is 1.57. The summed E-state index contributed by atoms with van der Waals surface area (Å²) in [5.74, 6) is 0.821. The summed E-state index contributed by atoms with van der Waals surface area (Å²) in [6.07, 6.45) is 1.89. The quantitative estimate of drug-likeness (QED) is 0.582. The molecule has 3 unspecified atom stereocenters. The number of sulfone groups is 1. The number of fused-ring (bicyclic) bond motifs is 1. The second kappa shape index (κ2) is 9.68. The molecular weight excluding hydrogens is 450 g/mol. The Balaban J connectivity index is 1.44. The first-order chi connectivity index (χ1) is 16.1. The van der Waals surface area contributed by atoms with Gasteiger partial charge in [-0.3, -0.25) is 4.79 Å². The summed E-state index contributed by atoms with van der Waals surface area (Å²) < 4.78 is 32.2. The van der Waals surface area contributed by atoms with Gasteiger partial charge in [0, 0.05) is 12.6 Å². The number of hydrogen-bond donors (Lipinski definition) is 3. The molecule has 0 aliphatic carbocycles. The van der Waals surface area contributed by atoms with Crippen LogP contribution in [-0.2, 0) is 26.6 Å². The zero-order valence-corrected chi connectivity index (χ0v) is 21.2. The van der Waals surface area contributed by atoms with Crippen LogP contribution in [0.1, 0.15) is 44.7 Å². The first kappa shape index (κ1) is 24.7. The molecule has 184 valence electrons. The van der Waals surface area contributed by atoms with Gasteiger partial charge in [-0.05, 0) is 72.7 Å². The smallest absolute Gasteiger partial charge is 0.237 e. The fourth-order valence-corrected chi connectivity index (χ4v) is 6.23. The fraction of sp³-hybridized carbons (Fsp3) is 0.500. The monoisotopic (exact) mass is 485 g/mol. The molecule has 2 aromatic rings. The molecule has 34 heavy (non-hydrogen) atoms. The topological polar surface area (TPSA) is 96.5 Å². The van der Waals surface area contributed by atoms with Gasteiger partial charge in [0.15, 0.2) is 0 Å². The van der Waals surface area contributed by atoms with Crippen molar-refractivity contribution in [2.75, 3.05) is 20.2 Å². The van der Waals surface area contributed by atoms with Crippen LogP contribution >= 0.6 is 0 Å². The molecular formula is C26H35N3O4S. The normalized spacial score (nSPS) is 22.8. The Kier molecular flexibility index (Phi) is 7.03. The van der Waals surface area contributed by atoms with Crippen LogP contribution in [0.3, 0.4) is 0 Å². The zero-order valence-electron chi connectivity index (χ0n) is 20.4. The molecule has 2 saturated heterocycles. The largest absolute Gasteiger partial charge is 0.495 e. The summed E-state index contributed by atoms with van der Waals surface area (Å²) in [6, 6.07) is 12.2. The van der Waals surface area contributed by atoms with Gasteiger partial charge in [-0.1, -0.05) is 39.0 Å². The van der Waals surface area contributed by atoms with Crippen molar-refractivity contribution in [2.24, 2.45) is 5.92 Å². The summed E-state index contributed by atoms with van der Waals surface area (Å²) in [4.78, 5) is 13.0. The van der Waals surface area contributed by atoms with Crippen LogP contribution in [0, 0.1) is 5.92 Å². The van der Waals surface area contributed by atoms with Crippen LogP contribution in [-0.4, -0.2) is 46.6 Å². The van der Waals surface area contributed by atoms with Crippen LogP contribution < -0.4 is 20.7 Å². The van der Waals surface area contributed by atoms with Gasteiger partial charge in [-0.15, -0.1) is 0 Å². The number of benzene rings is 2. The minimum atomic E-state index is -3.77. The minimum absolute atomic E-state index is 0.00479. The van der Waals surface area contributed by atoms with E-state index in [1.807, 2.05) is 26.8 Å². The molecule has 2 aliphatic rings. The van der Waals surface area contributed by atoms with Gasteiger partial charge in [-0.25, -0.2) is 8.42 Å². The molecule has 3 atom stereocenters. The Hall–Kier alpha value is -2.42. The number of piperidine rings is 1. The summed E-state index contributed by atoms with van der Waals surface area (Å²) in [5, 5.41) is 9.84. The Morgan fingerprint density at radius 2 is 1.88 bits per heavy atom. The summed E-state index contributed by atoms with van der Waals surface area (Å²) in [7, 11) is -2.29. The number of amides is 1. The first-order valence-corrected chi connectivity index (χ1v) is 13.3. The van der Waals surface area contributed by atoms with E-state index < -0.39 is 9.84 Å². The highest BCUT2D eigenvalue weighted by Gasteiger charge is 2.38. The lowest BCUT2D eigenvalue weighted by Gasteiger charge is -2.25. The SMILES string of the molecule is COc1ccc(C(C)(C)C)cc1S(=O)(=O)c1ccc(CNC(=O)C2CC3CNCCC3N2)cc1. The minimum Gasteiger partial charge on any atom is -0.495 e. The van der Waals surface area contributed by atoms with Gasteiger partial charge in [0.25, 0.3) is 0 Å². The van der Waals surface area contributed by atoms with Crippen LogP contribution in [0.4, 0.5) is 0 Å². The Labute approximate surface area is 202 Å². The number of ether oxygens (including phenoxy) is 1. The number of rotatable bonds is 6. The zero-order chi connectivity index (χ0) is 24.5. The highest BCUT2D eigenvalue weighted by molar-refractivity contribution is 7.91. The Bertz CT molecular complexity index is 1130. The highest BCUT2D eigenvalue weighted by Crippen LogP contribution is 2.34. The number of methoxy groups -OCH3 is 1. The first-order valence-electron chi connectivity index (χ1n) is 11.9. The molecule has 0 saturated carbocycles. The number of hydrogen-bond acceptors (Lipinski definition) is 6. The maximum Gasteiger partial charge on any atom is 0.237 e. The third kappa shape index (κ3) is 5.14. The molecule has 1 amide bonds. The van der Waals surface area contributed by atoms with Crippen molar-refractivity contribution in [3.63, 3.8) is 0 Å². The van der Waals surface area contributed by atoms with Gasteiger partial charge in [-0.2, -0.15) is 0 Å². The number of carbonyl (C=O) groups excluding carboxylic acids is 1. The average molecular weight is 486 g/mol. The molecule has 2 fully saturated rings. The predicted molar refractivity (Wildman–Crippen MR) is 132 cm³/mol. The standard InChI is InChI=1S/C26H35N3O4S/c1-26(2,3)19-7-10-23(33-4)24(14-19)34(31,32)20-8-5-17(6-9-20)15-28-25(30)22-13-18-16-27-12-11-21(18)29-22/h5-10,14,18,21-22,27,29H,11-13,15-16H2,1-4H3,(H,28,30). The second-order valence-electron chi connectivity index (χ2n) is 10.3. The van der Waals surface area contributed by atoms with Crippen LogP contribution in [0.15, 0.2) is 52.3 Å². The molecule has 3 N–H and O–H groups in total. The summed E-state index contributed by atoms with van der Waals surface area (Å²) in [6.45, 7) is 8.43. The predicted octanol–water partition coefficient (Wildman–Crippen LogP) is 2.78.